The van der Waals surface area contributed by atoms with Gasteiger partial charge in [-0.05, 0) is 24.3 Å². The second-order valence-corrected chi connectivity index (χ2v) is 5.75. The molecule has 1 N–H and O–H groups in total. The van der Waals surface area contributed by atoms with Crippen LogP contribution in [0, 0.1) is 0 Å². The maximum Gasteiger partial charge on any atom is 0.255 e. The van der Waals surface area contributed by atoms with Crippen molar-refractivity contribution in [3.05, 3.63) is 59.4 Å². The van der Waals surface area contributed by atoms with Crippen LogP contribution in [0.5, 0.6) is 11.5 Å². The Morgan fingerprint density at radius 3 is 2.96 bits per heavy atom. The lowest BCUT2D eigenvalue weighted by Crippen LogP contribution is -2.17. The molecule has 0 fully saturated rings. The number of amides is 1. The van der Waals surface area contributed by atoms with Crippen molar-refractivity contribution in [1.82, 2.24) is 4.98 Å². The first kappa shape index (κ1) is 14.8. The average Bonchev–Trinajstić information content (AvgIpc) is 2.62. The van der Waals surface area contributed by atoms with Gasteiger partial charge in [0.15, 0.2) is 11.5 Å². The highest BCUT2D eigenvalue weighted by Crippen LogP contribution is 2.38. The number of nitrogens with one attached hydrogen (secondary N) is 1. The van der Waals surface area contributed by atoms with Crippen LogP contribution >= 0.6 is 11.6 Å². The number of anilines is 1. The van der Waals surface area contributed by atoms with Crippen molar-refractivity contribution in [3.8, 4) is 11.5 Å². The Kier molecular flexibility index (Phi) is 3.70. The number of halogens is 1. The third kappa shape index (κ3) is 2.63. The molecule has 0 radical (unpaired) electrons. The first-order valence-electron chi connectivity index (χ1n) is 7.45. The number of hydrogen-bond donors (Lipinski definition) is 1. The molecule has 6 heteroatoms. The van der Waals surface area contributed by atoms with Gasteiger partial charge in [0.25, 0.3) is 5.91 Å². The first-order valence-corrected chi connectivity index (χ1v) is 7.83. The van der Waals surface area contributed by atoms with Gasteiger partial charge in [0, 0.05) is 34.4 Å². The fraction of sp³-hybridized carbons (Fsp3) is 0.111. The quantitative estimate of drug-likeness (QED) is 0.768. The van der Waals surface area contributed by atoms with Crippen molar-refractivity contribution in [2.45, 2.75) is 0 Å². The second-order valence-electron chi connectivity index (χ2n) is 5.34. The molecule has 1 aliphatic rings. The summed E-state index contributed by atoms with van der Waals surface area (Å²) in [7, 11) is 0. The molecule has 0 unspecified atom stereocenters. The Bertz CT molecular complexity index is 937. The van der Waals surface area contributed by atoms with Gasteiger partial charge >= 0.3 is 0 Å². The third-order valence-corrected chi connectivity index (χ3v) is 4.07. The highest BCUT2D eigenvalue weighted by molar-refractivity contribution is 6.33. The molecule has 0 spiro atoms. The van der Waals surface area contributed by atoms with Gasteiger partial charge in [0.05, 0.1) is 5.02 Å². The molecule has 120 valence electrons. The van der Waals surface area contributed by atoms with E-state index in [4.69, 9.17) is 21.1 Å². The van der Waals surface area contributed by atoms with Crippen molar-refractivity contribution in [3.63, 3.8) is 0 Å². The van der Waals surface area contributed by atoms with E-state index in [9.17, 15) is 4.79 Å². The van der Waals surface area contributed by atoms with E-state index in [1.165, 1.54) is 0 Å². The van der Waals surface area contributed by atoms with Gasteiger partial charge in [0.1, 0.15) is 13.2 Å². The molecular formula is C18H13ClN2O3. The lowest BCUT2D eigenvalue weighted by molar-refractivity contribution is 0.102. The lowest BCUT2D eigenvalue weighted by atomic mass is 10.1. The van der Waals surface area contributed by atoms with Crippen molar-refractivity contribution in [1.29, 1.82) is 0 Å². The monoisotopic (exact) mass is 340 g/mol. The van der Waals surface area contributed by atoms with Crippen LogP contribution in [0.4, 0.5) is 5.69 Å². The molecule has 0 aliphatic carbocycles. The lowest BCUT2D eigenvalue weighted by Gasteiger charge is -2.20. The summed E-state index contributed by atoms with van der Waals surface area (Å²) >= 11 is 6.20. The molecule has 2 heterocycles. The maximum atomic E-state index is 12.6. The summed E-state index contributed by atoms with van der Waals surface area (Å²) in [6.07, 6.45) is 3.45. The van der Waals surface area contributed by atoms with Gasteiger partial charge in [-0.15, -0.1) is 0 Å². The summed E-state index contributed by atoms with van der Waals surface area (Å²) < 4.78 is 11.0. The number of rotatable bonds is 2. The van der Waals surface area contributed by atoms with Gasteiger partial charge in [0.2, 0.25) is 0 Å². The highest BCUT2D eigenvalue weighted by atomic mass is 35.5. The number of aromatic nitrogens is 1. The van der Waals surface area contributed by atoms with Crippen LogP contribution in [-0.4, -0.2) is 24.1 Å². The number of nitrogens with zero attached hydrogens (tertiary/aromatic N) is 1. The van der Waals surface area contributed by atoms with E-state index < -0.39 is 0 Å². The van der Waals surface area contributed by atoms with E-state index in [1.54, 1.807) is 24.5 Å². The molecule has 4 rings (SSSR count). The number of pyridine rings is 1. The van der Waals surface area contributed by atoms with Crippen LogP contribution < -0.4 is 14.8 Å². The summed E-state index contributed by atoms with van der Waals surface area (Å²) in [4.78, 5) is 16.7. The number of carbonyl (C=O) groups excluding carboxylic acids is 1. The van der Waals surface area contributed by atoms with Crippen molar-refractivity contribution >= 4 is 34.0 Å². The Morgan fingerprint density at radius 2 is 2.04 bits per heavy atom. The molecule has 0 bridgehead atoms. The van der Waals surface area contributed by atoms with Crippen LogP contribution in [-0.2, 0) is 0 Å². The molecule has 2 aromatic carbocycles. The van der Waals surface area contributed by atoms with Gasteiger partial charge in [-0.2, -0.15) is 0 Å². The molecule has 5 nitrogen and oxygen atoms in total. The average molecular weight is 341 g/mol. The summed E-state index contributed by atoms with van der Waals surface area (Å²) in [6.45, 7) is 0.882. The summed E-state index contributed by atoms with van der Waals surface area (Å²) in [5.74, 6) is 0.704. The van der Waals surface area contributed by atoms with Gasteiger partial charge < -0.3 is 14.8 Å². The number of fused-ring (bicyclic) bond motifs is 2. The van der Waals surface area contributed by atoms with Crippen LogP contribution in [0.15, 0.2) is 48.8 Å². The van der Waals surface area contributed by atoms with Gasteiger partial charge in [-0.25, -0.2) is 0 Å². The molecule has 24 heavy (non-hydrogen) atoms. The van der Waals surface area contributed by atoms with E-state index >= 15 is 0 Å². The zero-order valence-electron chi connectivity index (χ0n) is 12.6. The maximum absolute atomic E-state index is 12.6. The van der Waals surface area contributed by atoms with Crippen LogP contribution in [0.25, 0.3) is 10.8 Å². The molecule has 1 aromatic heterocycles. The number of carbonyl (C=O) groups is 1. The minimum absolute atomic E-state index is 0.266. The molecular weight excluding hydrogens is 328 g/mol. The highest BCUT2D eigenvalue weighted by Gasteiger charge is 2.19. The van der Waals surface area contributed by atoms with E-state index in [-0.39, 0.29) is 5.91 Å². The van der Waals surface area contributed by atoms with Gasteiger partial charge in [-0.3, -0.25) is 9.78 Å². The number of benzene rings is 2. The van der Waals surface area contributed by atoms with Crippen molar-refractivity contribution < 1.29 is 14.3 Å². The van der Waals surface area contributed by atoms with E-state index in [1.807, 2.05) is 24.3 Å². The first-order chi connectivity index (χ1) is 11.7. The zero-order valence-corrected chi connectivity index (χ0v) is 13.3. The molecule has 0 saturated carbocycles. The molecule has 1 amide bonds. The Morgan fingerprint density at radius 1 is 1.17 bits per heavy atom. The van der Waals surface area contributed by atoms with E-state index in [0.717, 1.165) is 10.8 Å². The Labute approximate surface area is 143 Å². The fourth-order valence-corrected chi connectivity index (χ4v) is 2.93. The van der Waals surface area contributed by atoms with Crippen molar-refractivity contribution in [2.24, 2.45) is 0 Å². The van der Waals surface area contributed by atoms with Crippen LogP contribution in [0.3, 0.4) is 0 Å². The van der Waals surface area contributed by atoms with Crippen LogP contribution in [0.1, 0.15) is 10.4 Å². The topological polar surface area (TPSA) is 60.5 Å². The van der Waals surface area contributed by atoms with E-state index in [0.29, 0.717) is 41.0 Å². The van der Waals surface area contributed by atoms with E-state index in [2.05, 4.69) is 10.3 Å². The summed E-state index contributed by atoms with van der Waals surface area (Å²) in [6, 6.07) is 10.7. The fourth-order valence-electron chi connectivity index (χ4n) is 2.67. The SMILES string of the molecule is O=C(Nc1cccc2cnccc12)c1cc(Cl)c2c(c1)OCCO2. The molecule has 1 aliphatic heterocycles. The number of ether oxygens (including phenoxy) is 2. The predicted octanol–water partition coefficient (Wildman–Crippen LogP) is 3.91. The zero-order chi connectivity index (χ0) is 16.5. The molecule has 0 saturated heterocycles. The minimum Gasteiger partial charge on any atom is -0.486 e. The normalized spacial score (nSPS) is 12.9. The largest absolute Gasteiger partial charge is 0.486 e. The third-order valence-electron chi connectivity index (χ3n) is 3.79. The van der Waals surface area contributed by atoms with Crippen LogP contribution in [0.2, 0.25) is 5.02 Å². The van der Waals surface area contributed by atoms with Gasteiger partial charge in [-0.1, -0.05) is 23.7 Å². The van der Waals surface area contributed by atoms with Crippen molar-refractivity contribution in [2.75, 3.05) is 18.5 Å². The molecule has 3 aromatic rings. The Hall–Kier alpha value is -2.79. The minimum atomic E-state index is -0.266. The molecule has 0 atom stereocenters. The standard InChI is InChI=1S/C18H13ClN2O3/c19-14-8-12(9-16-17(14)24-7-6-23-16)18(22)21-15-3-1-2-11-10-20-5-4-13(11)15/h1-5,8-10H,6-7H2,(H,21,22). The summed E-state index contributed by atoms with van der Waals surface area (Å²) in [5, 5.41) is 5.15. The summed E-state index contributed by atoms with van der Waals surface area (Å²) in [5.41, 5.74) is 1.13. The predicted molar refractivity (Wildman–Crippen MR) is 92.1 cm³/mol. The Balaban J connectivity index is 1.68. The second kappa shape index (κ2) is 6.02. The number of hydrogen-bond acceptors (Lipinski definition) is 4. The smallest absolute Gasteiger partial charge is 0.255 e.